The Kier molecular flexibility index (Phi) is 4.71. The number of methoxy groups -OCH3 is 2. The Morgan fingerprint density at radius 3 is 2.43 bits per heavy atom. The van der Waals surface area contributed by atoms with E-state index in [4.69, 9.17) is 9.47 Å². The third-order valence-corrected chi connectivity index (χ3v) is 5.00. The van der Waals surface area contributed by atoms with Crippen LogP contribution in [-0.2, 0) is 0 Å². The number of amides is 1. The van der Waals surface area contributed by atoms with Gasteiger partial charge < -0.3 is 14.4 Å². The maximum atomic E-state index is 13.0. The minimum absolute atomic E-state index is 0.0164. The van der Waals surface area contributed by atoms with Crippen molar-refractivity contribution in [3.63, 3.8) is 0 Å². The number of benzene rings is 1. The van der Waals surface area contributed by atoms with E-state index in [1.807, 2.05) is 17.0 Å². The van der Waals surface area contributed by atoms with Crippen LogP contribution >= 0.6 is 11.8 Å². The third kappa shape index (κ3) is 3.27. The van der Waals surface area contributed by atoms with E-state index in [0.29, 0.717) is 17.1 Å². The molecule has 5 nitrogen and oxygen atoms in total. The minimum Gasteiger partial charge on any atom is -0.497 e. The summed E-state index contributed by atoms with van der Waals surface area (Å²) in [5, 5.41) is 0.0164. The summed E-state index contributed by atoms with van der Waals surface area (Å²) in [7, 11) is 3.16. The van der Waals surface area contributed by atoms with E-state index in [9.17, 15) is 4.79 Å². The lowest BCUT2D eigenvalue weighted by molar-refractivity contribution is 0.0759. The van der Waals surface area contributed by atoms with E-state index in [1.54, 1.807) is 56.6 Å². The van der Waals surface area contributed by atoms with E-state index in [-0.39, 0.29) is 11.3 Å². The Balaban J connectivity index is 1.90. The Bertz CT molecular complexity index is 671. The van der Waals surface area contributed by atoms with Gasteiger partial charge in [-0.2, -0.15) is 0 Å². The van der Waals surface area contributed by atoms with E-state index in [0.717, 1.165) is 17.9 Å². The van der Waals surface area contributed by atoms with Crippen molar-refractivity contribution < 1.29 is 14.3 Å². The van der Waals surface area contributed by atoms with Crippen molar-refractivity contribution in [1.29, 1.82) is 0 Å². The highest BCUT2D eigenvalue weighted by molar-refractivity contribution is 7.99. The molecule has 0 radical (unpaired) electrons. The zero-order chi connectivity index (χ0) is 16.2. The Hall–Kier alpha value is -2.21. The molecular weight excluding hydrogens is 312 g/mol. The molecule has 1 aromatic carbocycles. The normalized spacial score (nSPS) is 17.1. The quantitative estimate of drug-likeness (QED) is 0.862. The number of carbonyl (C=O) groups excluding carboxylic acids is 1. The highest BCUT2D eigenvalue weighted by Gasteiger charge is 2.31. The summed E-state index contributed by atoms with van der Waals surface area (Å²) in [4.78, 5) is 18.9. The summed E-state index contributed by atoms with van der Waals surface area (Å²) in [5.41, 5.74) is 1.66. The largest absolute Gasteiger partial charge is 0.497 e. The van der Waals surface area contributed by atoms with Gasteiger partial charge in [0, 0.05) is 36.3 Å². The highest BCUT2D eigenvalue weighted by Crippen LogP contribution is 2.39. The molecule has 120 valence electrons. The van der Waals surface area contributed by atoms with Crippen LogP contribution in [0.4, 0.5) is 0 Å². The molecule has 2 aromatic rings. The lowest BCUT2D eigenvalue weighted by Gasteiger charge is -2.24. The van der Waals surface area contributed by atoms with Gasteiger partial charge in [0.15, 0.2) is 0 Å². The van der Waals surface area contributed by atoms with E-state index in [1.165, 1.54) is 0 Å². The number of aromatic nitrogens is 1. The standard InChI is InChI=1S/C17H18N2O3S/c1-21-14-9-13(10-15(11-14)22-2)16(20)19-7-8-23-17(19)12-3-5-18-6-4-12/h3-6,9-11,17H,7-8H2,1-2H3. The Labute approximate surface area is 139 Å². The molecule has 1 aromatic heterocycles. The first-order valence-corrected chi connectivity index (χ1v) is 8.33. The van der Waals surface area contributed by atoms with Crippen LogP contribution in [0.2, 0.25) is 0 Å². The van der Waals surface area contributed by atoms with Crippen molar-refractivity contribution in [3.05, 3.63) is 53.9 Å². The number of carbonyl (C=O) groups is 1. The summed E-state index contributed by atoms with van der Waals surface area (Å²) in [6.45, 7) is 0.718. The fourth-order valence-electron chi connectivity index (χ4n) is 2.58. The van der Waals surface area contributed by atoms with Crippen molar-refractivity contribution in [3.8, 4) is 11.5 Å². The second-order valence-electron chi connectivity index (χ2n) is 5.10. The van der Waals surface area contributed by atoms with Gasteiger partial charge in [0.05, 0.1) is 14.2 Å². The number of pyridine rings is 1. The SMILES string of the molecule is COc1cc(OC)cc(C(=O)N2CCSC2c2ccncc2)c1. The summed E-state index contributed by atoms with van der Waals surface area (Å²) in [6.07, 6.45) is 3.51. The van der Waals surface area contributed by atoms with Crippen LogP contribution in [0.3, 0.4) is 0 Å². The van der Waals surface area contributed by atoms with Crippen LogP contribution in [0.5, 0.6) is 11.5 Å². The van der Waals surface area contributed by atoms with Gasteiger partial charge in [0.1, 0.15) is 16.9 Å². The van der Waals surface area contributed by atoms with Crippen LogP contribution in [0, 0.1) is 0 Å². The fourth-order valence-corrected chi connectivity index (χ4v) is 3.83. The topological polar surface area (TPSA) is 51.7 Å². The molecule has 0 saturated carbocycles. The van der Waals surface area contributed by atoms with Crippen LogP contribution < -0.4 is 9.47 Å². The molecule has 23 heavy (non-hydrogen) atoms. The van der Waals surface area contributed by atoms with Gasteiger partial charge in [-0.15, -0.1) is 11.8 Å². The molecule has 0 N–H and O–H groups in total. The molecule has 2 heterocycles. The van der Waals surface area contributed by atoms with Gasteiger partial charge in [-0.3, -0.25) is 9.78 Å². The van der Waals surface area contributed by atoms with Crippen LogP contribution in [-0.4, -0.2) is 42.3 Å². The average Bonchev–Trinajstić information content (AvgIpc) is 3.11. The summed E-state index contributed by atoms with van der Waals surface area (Å²) < 4.78 is 10.5. The molecule has 0 aliphatic carbocycles. The number of rotatable bonds is 4. The fraction of sp³-hybridized carbons (Fsp3) is 0.294. The molecule has 3 rings (SSSR count). The van der Waals surface area contributed by atoms with E-state index in [2.05, 4.69) is 4.98 Å². The molecule has 1 unspecified atom stereocenters. The molecule has 1 atom stereocenters. The van der Waals surface area contributed by atoms with Crippen LogP contribution in [0.1, 0.15) is 21.3 Å². The first-order chi connectivity index (χ1) is 11.2. The smallest absolute Gasteiger partial charge is 0.255 e. The lowest BCUT2D eigenvalue weighted by atomic mass is 10.1. The van der Waals surface area contributed by atoms with E-state index < -0.39 is 0 Å². The first-order valence-electron chi connectivity index (χ1n) is 7.28. The van der Waals surface area contributed by atoms with Gasteiger partial charge in [-0.05, 0) is 29.8 Å². The second kappa shape index (κ2) is 6.91. The zero-order valence-corrected chi connectivity index (χ0v) is 13.9. The molecule has 1 aliphatic rings. The monoisotopic (exact) mass is 330 g/mol. The minimum atomic E-state index is -0.0194. The maximum Gasteiger partial charge on any atom is 0.255 e. The molecule has 0 spiro atoms. The first kappa shape index (κ1) is 15.7. The van der Waals surface area contributed by atoms with Gasteiger partial charge in [0.25, 0.3) is 5.91 Å². The molecule has 6 heteroatoms. The number of nitrogens with zero attached hydrogens (tertiary/aromatic N) is 2. The highest BCUT2D eigenvalue weighted by atomic mass is 32.2. The predicted molar refractivity (Wildman–Crippen MR) is 90.0 cm³/mol. The van der Waals surface area contributed by atoms with Crippen molar-refractivity contribution in [2.24, 2.45) is 0 Å². The number of hydrogen-bond donors (Lipinski definition) is 0. The predicted octanol–water partition coefficient (Wildman–Crippen LogP) is 2.99. The number of thioether (sulfide) groups is 1. The van der Waals surface area contributed by atoms with Gasteiger partial charge in [0.2, 0.25) is 0 Å². The molecule has 1 amide bonds. The molecular formula is C17H18N2O3S. The van der Waals surface area contributed by atoms with Crippen molar-refractivity contribution in [2.45, 2.75) is 5.37 Å². The van der Waals surface area contributed by atoms with Gasteiger partial charge in [-0.1, -0.05) is 0 Å². The maximum absolute atomic E-state index is 13.0. The summed E-state index contributed by atoms with van der Waals surface area (Å²) in [5.74, 6) is 2.12. The van der Waals surface area contributed by atoms with Crippen molar-refractivity contribution in [2.75, 3.05) is 26.5 Å². The molecule has 1 fully saturated rings. The molecule has 1 aliphatic heterocycles. The van der Waals surface area contributed by atoms with Crippen molar-refractivity contribution >= 4 is 17.7 Å². The second-order valence-corrected chi connectivity index (χ2v) is 6.29. The van der Waals surface area contributed by atoms with Gasteiger partial charge in [-0.25, -0.2) is 0 Å². The Morgan fingerprint density at radius 2 is 1.83 bits per heavy atom. The molecule has 1 saturated heterocycles. The lowest BCUT2D eigenvalue weighted by Crippen LogP contribution is -2.30. The summed E-state index contributed by atoms with van der Waals surface area (Å²) in [6, 6.07) is 9.16. The van der Waals surface area contributed by atoms with Gasteiger partial charge >= 0.3 is 0 Å². The van der Waals surface area contributed by atoms with E-state index >= 15 is 0 Å². The van der Waals surface area contributed by atoms with Crippen molar-refractivity contribution in [1.82, 2.24) is 9.88 Å². The Morgan fingerprint density at radius 1 is 1.17 bits per heavy atom. The van der Waals surface area contributed by atoms with Crippen LogP contribution in [0.25, 0.3) is 0 Å². The zero-order valence-electron chi connectivity index (χ0n) is 13.1. The number of ether oxygens (including phenoxy) is 2. The average molecular weight is 330 g/mol. The summed E-state index contributed by atoms with van der Waals surface area (Å²) >= 11 is 1.76. The molecule has 0 bridgehead atoms. The third-order valence-electron chi connectivity index (χ3n) is 3.74. The van der Waals surface area contributed by atoms with Crippen LogP contribution in [0.15, 0.2) is 42.7 Å². The number of hydrogen-bond acceptors (Lipinski definition) is 5.